The highest BCUT2D eigenvalue weighted by Crippen LogP contribution is 2.14. The molecular weight excluding hydrogens is 576 g/mol. The van der Waals surface area contributed by atoms with E-state index in [2.05, 4.69) is 44.2 Å². The molecule has 0 aromatic heterocycles. The normalized spacial score (nSPS) is 13.7. The lowest BCUT2D eigenvalue weighted by Crippen LogP contribution is -2.25. The van der Waals surface area contributed by atoms with Gasteiger partial charge in [0.05, 0.1) is 6.10 Å². The summed E-state index contributed by atoms with van der Waals surface area (Å²) in [5.74, 6) is 0.169. The van der Waals surface area contributed by atoms with Crippen LogP contribution in [0.2, 0.25) is 0 Å². The Kier molecular flexibility index (Phi) is 32.1. The van der Waals surface area contributed by atoms with Crippen LogP contribution in [0.25, 0.3) is 0 Å². The first kappa shape index (κ1) is 43.6. The molecule has 6 nitrogen and oxygen atoms in total. The summed E-state index contributed by atoms with van der Waals surface area (Å²) in [5.41, 5.74) is 0. The van der Waals surface area contributed by atoms with E-state index in [4.69, 9.17) is 9.47 Å². The predicted octanol–water partition coefficient (Wildman–Crippen LogP) is 10.1. The lowest BCUT2D eigenvalue weighted by molar-refractivity contribution is -0.152. The first-order chi connectivity index (χ1) is 22.3. The van der Waals surface area contributed by atoms with E-state index < -0.39 is 12.2 Å². The summed E-state index contributed by atoms with van der Waals surface area (Å²) in [5, 5.41) is 19.7. The van der Waals surface area contributed by atoms with E-state index in [1.807, 2.05) is 37.3 Å². The average molecular weight is 645 g/mol. The Labute approximate surface area is 282 Å². The van der Waals surface area contributed by atoms with Crippen molar-refractivity contribution in [1.82, 2.24) is 0 Å². The minimum Gasteiger partial charge on any atom is -0.463 e. The van der Waals surface area contributed by atoms with Crippen LogP contribution in [0.1, 0.15) is 149 Å². The summed E-state index contributed by atoms with van der Waals surface area (Å²) in [6.07, 6.45) is 39.0. The van der Waals surface area contributed by atoms with Crippen molar-refractivity contribution in [3.05, 3.63) is 60.8 Å². The number of esters is 2. The Hall–Kier alpha value is -2.44. The van der Waals surface area contributed by atoms with E-state index in [1.54, 1.807) is 0 Å². The Morgan fingerprint density at radius 1 is 0.609 bits per heavy atom. The van der Waals surface area contributed by atoms with Gasteiger partial charge < -0.3 is 19.7 Å². The minimum atomic E-state index is -0.999. The number of allylic oxidation sites excluding steroid dienone is 8. The van der Waals surface area contributed by atoms with Crippen molar-refractivity contribution in [1.29, 1.82) is 0 Å². The summed E-state index contributed by atoms with van der Waals surface area (Å²) in [7, 11) is 0. The van der Waals surface area contributed by atoms with Gasteiger partial charge >= 0.3 is 11.9 Å². The van der Waals surface area contributed by atoms with Crippen molar-refractivity contribution in [2.75, 3.05) is 13.2 Å². The number of aliphatic hydroxyl groups excluding tert-OH is 2. The molecule has 46 heavy (non-hydrogen) atoms. The maximum absolute atomic E-state index is 11.9. The molecule has 0 spiro atoms. The van der Waals surface area contributed by atoms with Crippen LogP contribution >= 0.6 is 0 Å². The number of hydrogen-bond acceptors (Lipinski definition) is 6. The molecule has 264 valence electrons. The molecule has 0 heterocycles. The van der Waals surface area contributed by atoms with Gasteiger partial charge in [-0.25, -0.2) is 0 Å². The number of carbonyl (C=O) groups is 2. The van der Waals surface area contributed by atoms with Gasteiger partial charge in [-0.3, -0.25) is 9.59 Å². The van der Waals surface area contributed by atoms with Crippen LogP contribution < -0.4 is 0 Å². The summed E-state index contributed by atoms with van der Waals surface area (Å²) >= 11 is 0. The second kappa shape index (κ2) is 33.9. The fourth-order valence-electron chi connectivity index (χ4n) is 4.74. The van der Waals surface area contributed by atoms with Gasteiger partial charge in [-0.05, 0) is 50.9 Å². The maximum Gasteiger partial charge on any atom is 0.305 e. The molecule has 0 radical (unpaired) electrons. The van der Waals surface area contributed by atoms with Gasteiger partial charge in [0, 0.05) is 12.8 Å². The molecule has 0 saturated heterocycles. The number of hydrogen-bond donors (Lipinski definition) is 2. The van der Waals surface area contributed by atoms with Crippen LogP contribution in [0.15, 0.2) is 60.8 Å². The molecule has 0 aliphatic rings. The Morgan fingerprint density at radius 3 is 1.70 bits per heavy atom. The zero-order chi connectivity index (χ0) is 33.9. The molecule has 2 atom stereocenters. The lowest BCUT2D eigenvalue weighted by atomic mass is 10.0. The fourth-order valence-corrected chi connectivity index (χ4v) is 4.74. The first-order valence-corrected chi connectivity index (χ1v) is 18.3. The van der Waals surface area contributed by atoms with Gasteiger partial charge in [-0.15, -0.1) is 0 Å². The van der Waals surface area contributed by atoms with E-state index in [-0.39, 0.29) is 31.6 Å². The Balaban J connectivity index is 3.60. The predicted molar refractivity (Wildman–Crippen MR) is 192 cm³/mol. The van der Waals surface area contributed by atoms with E-state index in [9.17, 15) is 19.8 Å². The molecule has 2 N–H and O–H groups in total. The highest BCUT2D eigenvalue weighted by Gasteiger charge is 2.12. The zero-order valence-electron chi connectivity index (χ0n) is 29.6. The van der Waals surface area contributed by atoms with Crippen LogP contribution in [0, 0.1) is 5.92 Å². The quantitative estimate of drug-likeness (QED) is 0.0338. The van der Waals surface area contributed by atoms with Gasteiger partial charge in [0.1, 0.15) is 19.3 Å². The molecular formula is C40H68O6. The van der Waals surface area contributed by atoms with Crippen molar-refractivity contribution in [3.8, 4) is 0 Å². The van der Waals surface area contributed by atoms with Crippen LogP contribution in [0.5, 0.6) is 0 Å². The number of rotatable bonds is 31. The number of carbonyl (C=O) groups excluding carboxylic acids is 2. The molecule has 0 aliphatic heterocycles. The Morgan fingerprint density at radius 2 is 1.11 bits per heavy atom. The monoisotopic (exact) mass is 645 g/mol. The first-order valence-electron chi connectivity index (χ1n) is 18.3. The van der Waals surface area contributed by atoms with Crippen LogP contribution in [0.3, 0.4) is 0 Å². The second-order valence-electron chi connectivity index (χ2n) is 12.6. The summed E-state index contributed by atoms with van der Waals surface area (Å²) in [4.78, 5) is 23.9. The summed E-state index contributed by atoms with van der Waals surface area (Å²) in [6, 6.07) is 0. The van der Waals surface area contributed by atoms with E-state index >= 15 is 0 Å². The third-order valence-electron chi connectivity index (χ3n) is 7.52. The van der Waals surface area contributed by atoms with Crippen molar-refractivity contribution >= 4 is 11.9 Å². The summed E-state index contributed by atoms with van der Waals surface area (Å²) in [6.45, 7) is 6.33. The van der Waals surface area contributed by atoms with Crippen LogP contribution in [-0.2, 0) is 19.1 Å². The molecule has 0 rings (SSSR count). The molecule has 6 heteroatoms. The number of aliphatic hydroxyl groups is 2. The van der Waals surface area contributed by atoms with Crippen molar-refractivity contribution < 1.29 is 29.3 Å². The van der Waals surface area contributed by atoms with Gasteiger partial charge in [0.15, 0.2) is 0 Å². The summed E-state index contributed by atoms with van der Waals surface area (Å²) < 4.78 is 10.3. The van der Waals surface area contributed by atoms with Gasteiger partial charge in [0.2, 0.25) is 0 Å². The van der Waals surface area contributed by atoms with Gasteiger partial charge in [-0.2, -0.15) is 0 Å². The highest BCUT2D eigenvalue weighted by atomic mass is 16.6. The molecule has 1 unspecified atom stereocenters. The van der Waals surface area contributed by atoms with Gasteiger partial charge in [-0.1, -0.05) is 152 Å². The van der Waals surface area contributed by atoms with E-state index in [1.165, 1.54) is 57.8 Å². The molecule has 0 saturated carbocycles. The molecule has 0 bridgehead atoms. The molecule has 0 fully saturated rings. The molecule has 0 aromatic rings. The maximum atomic E-state index is 11.9. The van der Waals surface area contributed by atoms with Gasteiger partial charge in [0.25, 0.3) is 0 Å². The van der Waals surface area contributed by atoms with E-state index in [0.717, 1.165) is 50.9 Å². The second-order valence-corrected chi connectivity index (χ2v) is 12.6. The van der Waals surface area contributed by atoms with Crippen molar-refractivity contribution in [2.24, 2.45) is 5.92 Å². The SMILES string of the molecule is CC/C=C\C(O)C/C=C/C=C\C/C=C\C/C=C\CCCC(=O)OC[C@H](O)COC(=O)CCCCCCCCCCCCCC(C)C. The van der Waals surface area contributed by atoms with Crippen molar-refractivity contribution in [2.45, 2.75) is 161 Å². The average Bonchev–Trinajstić information content (AvgIpc) is 3.03. The zero-order valence-corrected chi connectivity index (χ0v) is 29.6. The highest BCUT2D eigenvalue weighted by molar-refractivity contribution is 5.69. The van der Waals surface area contributed by atoms with Crippen LogP contribution in [0.4, 0.5) is 0 Å². The fraction of sp³-hybridized carbons (Fsp3) is 0.700. The Bertz CT molecular complexity index is 854. The topological polar surface area (TPSA) is 93.1 Å². The minimum absolute atomic E-state index is 0.145. The van der Waals surface area contributed by atoms with Crippen LogP contribution in [-0.4, -0.2) is 47.6 Å². The third kappa shape index (κ3) is 34.4. The van der Waals surface area contributed by atoms with E-state index in [0.29, 0.717) is 19.3 Å². The third-order valence-corrected chi connectivity index (χ3v) is 7.52. The molecule has 0 aliphatic carbocycles. The molecule has 0 amide bonds. The van der Waals surface area contributed by atoms with Crippen molar-refractivity contribution in [3.63, 3.8) is 0 Å². The number of unbranched alkanes of at least 4 members (excludes halogenated alkanes) is 11. The molecule has 0 aromatic carbocycles. The largest absolute Gasteiger partial charge is 0.463 e. The smallest absolute Gasteiger partial charge is 0.305 e. The standard InChI is InChI=1S/C40H68O6/c1-4-5-30-37(41)31-26-22-18-14-10-6-7-11-15-19-23-27-32-39(43)45-34-38(42)35-46-40(44)33-28-24-20-16-12-8-9-13-17-21-25-29-36(2)3/h5-7,14-15,18-19,22,26,30,36-38,41-42H,4,8-13,16-17,20-21,23-25,27-29,31-35H2,1-3H3/b7-6-,18-14-,19-15-,26-22+,30-5-/t37?,38-/m0/s1. The lowest BCUT2D eigenvalue weighted by Gasteiger charge is -2.12. The number of ether oxygens (including phenoxy) is 2.